The van der Waals surface area contributed by atoms with Gasteiger partial charge >= 0.3 is 0 Å². The van der Waals surface area contributed by atoms with E-state index in [1.54, 1.807) is 25.2 Å². The number of rotatable bonds is 4. The Hall–Kier alpha value is -2.17. The maximum absolute atomic E-state index is 13.6. The molecule has 0 bridgehead atoms. The number of halogens is 1. The SMILES string of the molecule is CCc1nc(NC)c(C)c(Oc2ccccc2F)n1. The Labute approximate surface area is 111 Å². The Kier molecular flexibility index (Phi) is 3.94. The minimum Gasteiger partial charge on any atom is -0.435 e. The number of ether oxygens (including phenoxy) is 1. The second kappa shape index (κ2) is 5.65. The molecule has 0 radical (unpaired) electrons. The van der Waals surface area contributed by atoms with Gasteiger partial charge in [-0.05, 0) is 19.1 Å². The summed E-state index contributed by atoms with van der Waals surface area (Å²) in [6.45, 7) is 3.79. The summed E-state index contributed by atoms with van der Waals surface area (Å²) in [5.74, 6) is 1.47. The molecule has 100 valence electrons. The lowest BCUT2D eigenvalue weighted by atomic mass is 10.3. The summed E-state index contributed by atoms with van der Waals surface area (Å²) in [4.78, 5) is 8.63. The van der Waals surface area contributed by atoms with Crippen LogP contribution in [-0.2, 0) is 6.42 Å². The summed E-state index contributed by atoms with van der Waals surface area (Å²) in [5, 5.41) is 2.99. The molecule has 5 heteroatoms. The highest BCUT2D eigenvalue weighted by Gasteiger charge is 2.13. The quantitative estimate of drug-likeness (QED) is 0.917. The lowest BCUT2D eigenvalue weighted by Crippen LogP contribution is -2.05. The van der Waals surface area contributed by atoms with Crippen LogP contribution in [-0.4, -0.2) is 17.0 Å². The minimum absolute atomic E-state index is 0.161. The third-order valence-electron chi connectivity index (χ3n) is 2.74. The molecule has 0 aliphatic carbocycles. The molecule has 19 heavy (non-hydrogen) atoms. The number of anilines is 1. The van der Waals surface area contributed by atoms with Crippen molar-refractivity contribution in [1.29, 1.82) is 0 Å². The lowest BCUT2D eigenvalue weighted by molar-refractivity contribution is 0.422. The number of hydrogen-bond donors (Lipinski definition) is 1. The van der Waals surface area contributed by atoms with Gasteiger partial charge in [0.25, 0.3) is 0 Å². The predicted octanol–water partition coefficient (Wildman–Crippen LogP) is 3.32. The lowest BCUT2D eigenvalue weighted by Gasteiger charge is -2.12. The van der Waals surface area contributed by atoms with Crippen LogP contribution in [0, 0.1) is 12.7 Å². The average Bonchev–Trinajstić information content (AvgIpc) is 2.43. The van der Waals surface area contributed by atoms with Crippen LogP contribution < -0.4 is 10.1 Å². The molecule has 1 aromatic heterocycles. The van der Waals surface area contributed by atoms with Gasteiger partial charge in [-0.3, -0.25) is 0 Å². The van der Waals surface area contributed by atoms with Gasteiger partial charge in [0.1, 0.15) is 11.6 Å². The standard InChI is InChI=1S/C14H16FN3O/c1-4-12-17-13(16-3)9(2)14(18-12)19-11-8-6-5-7-10(11)15/h5-8H,4H2,1-3H3,(H,16,17,18). The van der Waals surface area contributed by atoms with Crippen LogP contribution in [0.4, 0.5) is 10.2 Å². The van der Waals surface area contributed by atoms with Crippen molar-refractivity contribution in [3.8, 4) is 11.6 Å². The van der Waals surface area contributed by atoms with Crippen LogP contribution >= 0.6 is 0 Å². The van der Waals surface area contributed by atoms with Crippen molar-refractivity contribution in [3.63, 3.8) is 0 Å². The van der Waals surface area contributed by atoms with Crippen LogP contribution in [0.2, 0.25) is 0 Å². The Bertz CT molecular complexity index is 587. The van der Waals surface area contributed by atoms with E-state index in [9.17, 15) is 4.39 Å². The fourth-order valence-electron chi connectivity index (χ4n) is 1.67. The zero-order valence-electron chi connectivity index (χ0n) is 11.2. The number of para-hydroxylation sites is 1. The first-order valence-corrected chi connectivity index (χ1v) is 6.13. The van der Waals surface area contributed by atoms with Crippen LogP contribution in [0.5, 0.6) is 11.6 Å². The fraction of sp³-hybridized carbons (Fsp3) is 0.286. The number of nitrogens with one attached hydrogen (secondary N) is 1. The molecule has 0 atom stereocenters. The maximum atomic E-state index is 13.6. The Morgan fingerprint density at radius 2 is 2.00 bits per heavy atom. The monoisotopic (exact) mass is 261 g/mol. The normalized spacial score (nSPS) is 10.3. The zero-order valence-corrected chi connectivity index (χ0v) is 11.2. The second-order valence-corrected chi connectivity index (χ2v) is 4.05. The molecule has 4 nitrogen and oxygen atoms in total. The van der Waals surface area contributed by atoms with Crippen molar-refractivity contribution in [2.75, 3.05) is 12.4 Å². The van der Waals surface area contributed by atoms with Crippen molar-refractivity contribution in [3.05, 3.63) is 41.5 Å². The van der Waals surface area contributed by atoms with Crippen LogP contribution in [0.25, 0.3) is 0 Å². The fourth-order valence-corrected chi connectivity index (χ4v) is 1.67. The molecule has 0 unspecified atom stereocenters. The first-order valence-electron chi connectivity index (χ1n) is 6.13. The van der Waals surface area contributed by atoms with Gasteiger partial charge in [-0.1, -0.05) is 19.1 Å². The molecule has 0 aliphatic rings. The molecule has 1 heterocycles. The Balaban J connectivity index is 2.42. The Morgan fingerprint density at radius 1 is 1.26 bits per heavy atom. The van der Waals surface area contributed by atoms with E-state index in [0.29, 0.717) is 23.9 Å². The van der Waals surface area contributed by atoms with E-state index < -0.39 is 5.82 Å². The molecule has 1 aromatic carbocycles. The van der Waals surface area contributed by atoms with Crippen molar-refractivity contribution >= 4 is 5.82 Å². The van der Waals surface area contributed by atoms with Gasteiger partial charge in [-0.25, -0.2) is 9.37 Å². The molecule has 0 amide bonds. The van der Waals surface area contributed by atoms with E-state index in [4.69, 9.17) is 4.74 Å². The molecular formula is C14H16FN3O. The topological polar surface area (TPSA) is 47.0 Å². The van der Waals surface area contributed by atoms with E-state index >= 15 is 0 Å². The molecule has 0 aliphatic heterocycles. The van der Waals surface area contributed by atoms with E-state index in [0.717, 1.165) is 5.56 Å². The molecule has 2 aromatic rings. The van der Waals surface area contributed by atoms with Crippen molar-refractivity contribution in [1.82, 2.24) is 9.97 Å². The minimum atomic E-state index is -0.412. The molecule has 0 saturated carbocycles. The largest absolute Gasteiger partial charge is 0.435 e. The predicted molar refractivity (Wildman–Crippen MR) is 72.2 cm³/mol. The highest BCUT2D eigenvalue weighted by molar-refractivity contribution is 5.49. The highest BCUT2D eigenvalue weighted by Crippen LogP contribution is 2.28. The second-order valence-electron chi connectivity index (χ2n) is 4.05. The smallest absolute Gasteiger partial charge is 0.227 e. The summed E-state index contributed by atoms with van der Waals surface area (Å²) in [6.07, 6.45) is 0.683. The van der Waals surface area contributed by atoms with Crippen molar-refractivity contribution < 1.29 is 9.13 Å². The van der Waals surface area contributed by atoms with Crippen LogP contribution in [0.3, 0.4) is 0 Å². The van der Waals surface area contributed by atoms with Gasteiger partial charge in [0, 0.05) is 13.5 Å². The van der Waals surface area contributed by atoms with Gasteiger partial charge in [0.05, 0.1) is 5.56 Å². The van der Waals surface area contributed by atoms with Crippen molar-refractivity contribution in [2.45, 2.75) is 20.3 Å². The van der Waals surface area contributed by atoms with Crippen molar-refractivity contribution in [2.24, 2.45) is 0 Å². The molecule has 0 spiro atoms. The van der Waals surface area contributed by atoms with Gasteiger partial charge in [-0.15, -0.1) is 0 Å². The molecule has 0 fully saturated rings. The number of aromatic nitrogens is 2. The zero-order chi connectivity index (χ0) is 13.8. The van der Waals surface area contributed by atoms with Crippen LogP contribution in [0.1, 0.15) is 18.3 Å². The third-order valence-corrected chi connectivity index (χ3v) is 2.74. The van der Waals surface area contributed by atoms with Gasteiger partial charge in [0.2, 0.25) is 5.88 Å². The van der Waals surface area contributed by atoms with E-state index in [2.05, 4.69) is 15.3 Å². The maximum Gasteiger partial charge on any atom is 0.227 e. The number of hydrogen-bond acceptors (Lipinski definition) is 4. The third kappa shape index (κ3) is 2.81. The highest BCUT2D eigenvalue weighted by atomic mass is 19.1. The summed E-state index contributed by atoms with van der Waals surface area (Å²) in [5.41, 5.74) is 0.753. The number of aryl methyl sites for hydroxylation is 1. The van der Waals surface area contributed by atoms with Gasteiger partial charge < -0.3 is 10.1 Å². The van der Waals surface area contributed by atoms with Crippen LogP contribution in [0.15, 0.2) is 24.3 Å². The summed E-state index contributed by atoms with van der Waals surface area (Å²) in [6, 6.07) is 6.26. The summed E-state index contributed by atoms with van der Waals surface area (Å²) >= 11 is 0. The molecule has 0 saturated heterocycles. The first-order chi connectivity index (χ1) is 9.15. The summed E-state index contributed by atoms with van der Waals surface area (Å²) < 4.78 is 19.1. The van der Waals surface area contributed by atoms with Gasteiger partial charge in [0.15, 0.2) is 11.6 Å². The van der Waals surface area contributed by atoms with Gasteiger partial charge in [-0.2, -0.15) is 4.98 Å². The van der Waals surface area contributed by atoms with E-state index in [-0.39, 0.29) is 5.75 Å². The van der Waals surface area contributed by atoms with E-state index in [1.807, 2.05) is 13.8 Å². The molecule has 2 rings (SSSR count). The first kappa shape index (κ1) is 13.3. The number of nitrogens with zero attached hydrogens (tertiary/aromatic N) is 2. The Morgan fingerprint density at radius 3 is 2.63 bits per heavy atom. The van der Waals surface area contributed by atoms with E-state index in [1.165, 1.54) is 6.07 Å². The number of benzene rings is 1. The molecule has 1 N–H and O–H groups in total. The summed E-state index contributed by atoms with van der Waals surface area (Å²) in [7, 11) is 1.78. The molecular weight excluding hydrogens is 245 g/mol. The average molecular weight is 261 g/mol.